The normalized spacial score (nSPS) is 11.5. The Labute approximate surface area is 227 Å². The second-order valence-electron chi connectivity index (χ2n) is 8.65. The molecule has 10 heteroatoms. The Balaban J connectivity index is 0.000000681. The number of hydrogen-bond acceptors (Lipinski definition) is 4. The predicted molar refractivity (Wildman–Crippen MR) is 145 cm³/mol. The van der Waals surface area contributed by atoms with Crippen molar-refractivity contribution in [1.82, 2.24) is 0 Å². The molecule has 1 N–H and O–H groups in total. The molecule has 0 bridgehead atoms. The quantitative estimate of drug-likeness (QED) is 0.122. The Bertz CT molecular complexity index is 1660. The lowest BCUT2D eigenvalue weighted by Gasteiger charge is -2.05. The van der Waals surface area contributed by atoms with E-state index in [2.05, 4.69) is 18.0 Å². The van der Waals surface area contributed by atoms with E-state index in [1.165, 1.54) is 0 Å². The number of halogens is 4. The maximum Gasteiger partial charge on any atom is 0.673 e. The van der Waals surface area contributed by atoms with Crippen LogP contribution in [0.1, 0.15) is 15.9 Å². The average Bonchev–Trinajstić information content (AvgIpc) is 2.94. The Morgan fingerprint density at radius 3 is 2.05 bits per heavy atom. The number of hydrogen-bond donors (Lipinski definition) is 1. The summed E-state index contributed by atoms with van der Waals surface area (Å²) in [5.41, 5.74) is 4.26. The van der Waals surface area contributed by atoms with Crippen LogP contribution in [0, 0.1) is 6.92 Å². The summed E-state index contributed by atoms with van der Waals surface area (Å²) >= 11 is 0. The van der Waals surface area contributed by atoms with Crippen molar-refractivity contribution in [1.29, 1.82) is 0 Å². The first kappa shape index (κ1) is 28.2. The van der Waals surface area contributed by atoms with Gasteiger partial charge in [-0.1, -0.05) is 42.0 Å². The number of aryl methyl sites for hydroxylation is 1. The molecule has 1 heterocycles. The molecule has 0 aliphatic rings. The predicted octanol–water partition coefficient (Wildman–Crippen LogP) is 6.25. The van der Waals surface area contributed by atoms with E-state index in [0.29, 0.717) is 17.1 Å². The van der Waals surface area contributed by atoms with Crippen LogP contribution in [0.25, 0.3) is 22.3 Å². The number of nitrogens with one attached hydrogen (secondary N) is 1. The van der Waals surface area contributed by atoms with Crippen LogP contribution in [-0.4, -0.2) is 20.3 Å². The van der Waals surface area contributed by atoms with Crippen molar-refractivity contribution in [3.05, 3.63) is 120 Å². The van der Waals surface area contributed by atoms with Gasteiger partial charge in [0, 0.05) is 17.7 Å². The molecule has 0 spiro atoms. The van der Waals surface area contributed by atoms with E-state index in [0.717, 1.165) is 38.9 Å². The smallest absolute Gasteiger partial charge is 0.497 e. The monoisotopic (exact) mass is 549 g/mol. The van der Waals surface area contributed by atoms with E-state index in [4.69, 9.17) is 13.9 Å². The highest BCUT2D eigenvalue weighted by molar-refractivity contribution is 6.50. The number of esters is 1. The number of benzene rings is 4. The van der Waals surface area contributed by atoms with E-state index in [1.54, 1.807) is 43.5 Å². The van der Waals surface area contributed by atoms with Gasteiger partial charge in [-0.25, -0.2) is 9.79 Å². The molecule has 0 fully saturated rings. The van der Waals surface area contributed by atoms with Gasteiger partial charge in [-0.2, -0.15) is 0 Å². The minimum atomic E-state index is -6.00. The van der Waals surface area contributed by atoms with E-state index >= 15 is 0 Å². The van der Waals surface area contributed by atoms with Crippen LogP contribution in [0.3, 0.4) is 0 Å². The first-order valence-corrected chi connectivity index (χ1v) is 12.1. The molecule has 0 saturated carbocycles. The maximum absolute atomic E-state index is 12.5. The standard InChI is InChI=1S/C30H23NO4.BF4/c1-20-8-17-28-26(18-20)27(19-29(35-28)21-6-4-3-5-7-21)31-23-11-15-25(16-12-23)34-30(32)22-9-13-24(33-2)14-10-22;2-1(3,4)5/h3-19H,1-2H3;/q;-1/p+1. The van der Waals surface area contributed by atoms with Gasteiger partial charge in [0.05, 0.1) is 24.1 Å². The lowest BCUT2D eigenvalue weighted by Crippen LogP contribution is -2.70. The fourth-order valence-corrected chi connectivity index (χ4v) is 3.80. The van der Waals surface area contributed by atoms with Crippen LogP contribution >= 0.6 is 0 Å². The largest absolute Gasteiger partial charge is 0.673 e. The zero-order valence-corrected chi connectivity index (χ0v) is 21.5. The number of ether oxygens (including phenoxy) is 2. The van der Waals surface area contributed by atoms with Gasteiger partial charge < -0.3 is 31.2 Å². The number of fused-ring (bicyclic) bond motifs is 1. The van der Waals surface area contributed by atoms with Crippen LogP contribution in [0.15, 0.2) is 108 Å². The molecule has 0 radical (unpaired) electrons. The number of carbonyl (C=O) groups excluding carboxylic acids is 1. The summed E-state index contributed by atoms with van der Waals surface area (Å²) in [6, 6.07) is 32.2. The molecule has 5 nitrogen and oxygen atoms in total. The molecule has 40 heavy (non-hydrogen) atoms. The van der Waals surface area contributed by atoms with Crippen molar-refractivity contribution in [3.63, 3.8) is 0 Å². The van der Waals surface area contributed by atoms with Gasteiger partial charge in [0.2, 0.25) is 11.0 Å². The topological polar surface area (TPSA) is 62.6 Å². The molecule has 0 amide bonds. The second kappa shape index (κ2) is 12.3. The zero-order chi connectivity index (χ0) is 28.7. The molecule has 0 saturated heterocycles. The molecule has 0 aliphatic carbocycles. The fraction of sp³-hybridized carbons (Fsp3) is 0.0667. The third-order valence-electron chi connectivity index (χ3n) is 5.65. The molecule has 5 aromatic rings. The maximum atomic E-state index is 12.5. The fourth-order valence-electron chi connectivity index (χ4n) is 3.80. The number of carbonyl (C=O) groups is 1. The second-order valence-corrected chi connectivity index (χ2v) is 8.65. The highest BCUT2D eigenvalue weighted by Gasteiger charge is 2.20. The molecular weight excluding hydrogens is 525 g/mol. The van der Waals surface area contributed by atoms with Gasteiger partial charge in [0.15, 0.2) is 0 Å². The molecule has 5 rings (SSSR count). The van der Waals surface area contributed by atoms with Gasteiger partial charge in [0.1, 0.15) is 22.8 Å². The lowest BCUT2D eigenvalue weighted by molar-refractivity contribution is -0.400. The Kier molecular flexibility index (Phi) is 8.68. The number of methoxy groups -OCH3 is 1. The molecule has 0 unspecified atom stereocenters. The average molecular weight is 549 g/mol. The van der Waals surface area contributed by atoms with E-state index in [9.17, 15) is 22.1 Å². The first-order chi connectivity index (χ1) is 19.1. The molecular formula is C30H24BF4NO4. The van der Waals surface area contributed by atoms with Crippen LogP contribution in [0.5, 0.6) is 11.5 Å². The minimum absolute atomic E-state index is 0.424. The summed E-state index contributed by atoms with van der Waals surface area (Å²) in [7, 11) is -4.42. The van der Waals surface area contributed by atoms with Crippen LogP contribution in [0.4, 0.5) is 23.0 Å². The highest BCUT2D eigenvalue weighted by atomic mass is 19.5. The zero-order valence-electron chi connectivity index (χ0n) is 21.5. The molecule has 4 aromatic carbocycles. The van der Waals surface area contributed by atoms with Crippen molar-refractivity contribution in [2.75, 3.05) is 7.11 Å². The van der Waals surface area contributed by atoms with E-state index in [-0.39, 0.29) is 0 Å². The van der Waals surface area contributed by atoms with Gasteiger partial charge in [-0.05, 0) is 55.5 Å². The van der Waals surface area contributed by atoms with Crippen molar-refractivity contribution in [2.45, 2.75) is 6.92 Å². The Hall–Kier alpha value is -4.86. The first-order valence-electron chi connectivity index (χ1n) is 12.1. The Morgan fingerprint density at radius 2 is 1.43 bits per heavy atom. The van der Waals surface area contributed by atoms with Gasteiger partial charge in [0.25, 0.3) is 0 Å². The molecule has 0 atom stereocenters. The van der Waals surface area contributed by atoms with Crippen molar-refractivity contribution < 1.29 is 40.9 Å². The summed E-state index contributed by atoms with van der Waals surface area (Å²) in [4.78, 5) is 15.9. The highest BCUT2D eigenvalue weighted by Crippen LogP contribution is 2.22. The van der Waals surface area contributed by atoms with Gasteiger partial charge >= 0.3 is 13.2 Å². The van der Waals surface area contributed by atoms with Crippen LogP contribution in [-0.2, 0) is 0 Å². The summed E-state index contributed by atoms with van der Waals surface area (Å²) in [6.45, 7) is 2.06. The van der Waals surface area contributed by atoms with Crippen molar-refractivity contribution in [3.8, 4) is 22.8 Å². The molecule has 1 aromatic heterocycles. The van der Waals surface area contributed by atoms with Crippen LogP contribution in [0.2, 0.25) is 0 Å². The summed E-state index contributed by atoms with van der Waals surface area (Å²) in [5.74, 6) is 1.50. The van der Waals surface area contributed by atoms with Gasteiger partial charge in [-0.15, -0.1) is 0 Å². The van der Waals surface area contributed by atoms with Crippen molar-refractivity contribution in [2.24, 2.45) is 0 Å². The lowest BCUT2D eigenvalue weighted by atomic mass is 10.1. The number of rotatable bonds is 5. The minimum Gasteiger partial charge on any atom is -0.497 e. The van der Waals surface area contributed by atoms with Gasteiger partial charge in [-0.3, -0.25) is 0 Å². The summed E-state index contributed by atoms with van der Waals surface area (Å²) in [5, 5.41) is 1.91. The Morgan fingerprint density at radius 1 is 0.800 bits per heavy atom. The molecule has 0 aliphatic heterocycles. The summed E-state index contributed by atoms with van der Waals surface area (Å²) < 4.78 is 55.8. The molecule has 204 valence electrons. The van der Waals surface area contributed by atoms with Crippen molar-refractivity contribution >= 4 is 29.9 Å². The van der Waals surface area contributed by atoms with E-state index < -0.39 is 13.2 Å². The third-order valence-corrected chi connectivity index (χ3v) is 5.65. The van der Waals surface area contributed by atoms with Crippen LogP contribution < -0.4 is 19.8 Å². The SMILES string of the molecule is COc1ccc(C(=O)Oc2ccc([NH+]=c3cc(-c4ccccc4)oc4ccc(C)cc34)cc2)cc1.F[B-](F)(F)F. The summed E-state index contributed by atoms with van der Waals surface area (Å²) in [6.07, 6.45) is 0. The third kappa shape index (κ3) is 7.83. The van der Waals surface area contributed by atoms with E-state index in [1.807, 2.05) is 60.7 Å².